The zero-order valence-corrected chi connectivity index (χ0v) is 14.9. The number of benzene rings is 1. The second-order valence-electron chi connectivity index (χ2n) is 6.53. The van der Waals surface area contributed by atoms with E-state index in [1.165, 1.54) is 12.1 Å². The highest BCUT2D eigenvalue weighted by Gasteiger charge is 2.20. The van der Waals surface area contributed by atoms with Gasteiger partial charge in [0.15, 0.2) is 0 Å². The molecule has 2 heterocycles. The molecule has 136 valence electrons. The number of hydrogen-bond acceptors (Lipinski definition) is 3. The molecule has 0 unspecified atom stereocenters. The molecule has 0 fully saturated rings. The molecule has 0 bridgehead atoms. The second kappa shape index (κ2) is 7.99. The summed E-state index contributed by atoms with van der Waals surface area (Å²) in [5.74, 6) is 1.17. The SMILES string of the molecule is CC(C)C(=O)N(Cc1ccco1)Cc1nccn1Cc1ccc(F)cc1. The summed E-state index contributed by atoms with van der Waals surface area (Å²) in [7, 11) is 0. The first-order valence-electron chi connectivity index (χ1n) is 8.58. The molecular weight excluding hydrogens is 333 g/mol. The molecule has 0 saturated heterocycles. The van der Waals surface area contributed by atoms with Crippen LogP contribution in [-0.4, -0.2) is 20.4 Å². The minimum atomic E-state index is -0.258. The Morgan fingerprint density at radius 1 is 1.23 bits per heavy atom. The largest absolute Gasteiger partial charge is 0.467 e. The molecule has 1 amide bonds. The highest BCUT2D eigenvalue weighted by atomic mass is 19.1. The molecule has 6 heteroatoms. The van der Waals surface area contributed by atoms with Crippen molar-refractivity contribution in [3.8, 4) is 0 Å². The summed E-state index contributed by atoms with van der Waals surface area (Å²) in [5.41, 5.74) is 0.971. The Kier molecular flexibility index (Phi) is 5.51. The van der Waals surface area contributed by atoms with Crippen LogP contribution in [0.25, 0.3) is 0 Å². The van der Waals surface area contributed by atoms with Gasteiger partial charge >= 0.3 is 0 Å². The van der Waals surface area contributed by atoms with Crippen LogP contribution in [0.4, 0.5) is 4.39 Å². The fourth-order valence-corrected chi connectivity index (χ4v) is 2.76. The molecule has 5 nitrogen and oxygen atoms in total. The lowest BCUT2D eigenvalue weighted by Crippen LogP contribution is -2.34. The van der Waals surface area contributed by atoms with Crippen molar-refractivity contribution in [1.29, 1.82) is 0 Å². The zero-order valence-electron chi connectivity index (χ0n) is 14.9. The van der Waals surface area contributed by atoms with Crippen molar-refractivity contribution in [3.63, 3.8) is 0 Å². The summed E-state index contributed by atoms with van der Waals surface area (Å²) in [6.07, 6.45) is 5.18. The van der Waals surface area contributed by atoms with Gasteiger partial charge in [-0.25, -0.2) is 9.37 Å². The van der Waals surface area contributed by atoms with Crippen molar-refractivity contribution in [1.82, 2.24) is 14.5 Å². The summed E-state index contributed by atoms with van der Waals surface area (Å²) in [6, 6.07) is 10.0. The Hall–Kier alpha value is -2.89. The number of amides is 1. The van der Waals surface area contributed by atoms with Gasteiger partial charge in [-0.1, -0.05) is 26.0 Å². The molecule has 26 heavy (non-hydrogen) atoms. The fourth-order valence-electron chi connectivity index (χ4n) is 2.76. The van der Waals surface area contributed by atoms with Gasteiger partial charge in [-0.15, -0.1) is 0 Å². The van der Waals surface area contributed by atoms with E-state index in [0.717, 1.165) is 17.1 Å². The number of imidazole rings is 1. The molecule has 0 N–H and O–H groups in total. The Balaban J connectivity index is 1.77. The van der Waals surface area contributed by atoms with Crippen LogP contribution in [0.3, 0.4) is 0 Å². The third kappa shape index (κ3) is 4.39. The third-order valence-electron chi connectivity index (χ3n) is 4.13. The van der Waals surface area contributed by atoms with Gasteiger partial charge in [-0.2, -0.15) is 0 Å². The van der Waals surface area contributed by atoms with Gasteiger partial charge in [0.1, 0.15) is 17.4 Å². The van der Waals surface area contributed by atoms with E-state index in [1.807, 2.05) is 36.7 Å². The number of rotatable bonds is 7. The summed E-state index contributed by atoms with van der Waals surface area (Å²) >= 11 is 0. The minimum absolute atomic E-state index is 0.0396. The number of hydrogen-bond donors (Lipinski definition) is 0. The van der Waals surface area contributed by atoms with Crippen molar-refractivity contribution < 1.29 is 13.6 Å². The molecule has 0 atom stereocenters. The van der Waals surface area contributed by atoms with E-state index in [2.05, 4.69) is 4.98 Å². The van der Waals surface area contributed by atoms with Crippen LogP contribution < -0.4 is 0 Å². The first-order valence-corrected chi connectivity index (χ1v) is 8.58. The molecular formula is C20H22FN3O2. The maximum atomic E-state index is 13.1. The van der Waals surface area contributed by atoms with Gasteiger partial charge in [0.2, 0.25) is 5.91 Å². The highest BCUT2D eigenvalue weighted by molar-refractivity contribution is 5.78. The van der Waals surface area contributed by atoms with Crippen LogP contribution in [-0.2, 0) is 24.4 Å². The Morgan fingerprint density at radius 3 is 2.65 bits per heavy atom. The van der Waals surface area contributed by atoms with Crippen LogP contribution in [0.1, 0.15) is 31.0 Å². The van der Waals surface area contributed by atoms with E-state index in [0.29, 0.717) is 19.6 Å². The fraction of sp³-hybridized carbons (Fsp3) is 0.300. The van der Waals surface area contributed by atoms with E-state index in [-0.39, 0.29) is 17.6 Å². The molecule has 0 saturated carbocycles. The molecule has 0 spiro atoms. The summed E-state index contributed by atoms with van der Waals surface area (Å²) in [5, 5.41) is 0. The van der Waals surface area contributed by atoms with Gasteiger partial charge in [-0.05, 0) is 29.8 Å². The quantitative estimate of drug-likeness (QED) is 0.647. The number of carbonyl (C=O) groups is 1. The topological polar surface area (TPSA) is 51.3 Å². The van der Waals surface area contributed by atoms with Crippen LogP contribution in [0.15, 0.2) is 59.5 Å². The van der Waals surface area contributed by atoms with E-state index < -0.39 is 0 Å². The van der Waals surface area contributed by atoms with Crippen molar-refractivity contribution in [3.05, 3.63) is 78.0 Å². The lowest BCUT2D eigenvalue weighted by molar-refractivity contribution is -0.136. The van der Waals surface area contributed by atoms with E-state index in [4.69, 9.17) is 4.42 Å². The van der Waals surface area contributed by atoms with E-state index in [1.54, 1.807) is 29.5 Å². The molecule has 0 aliphatic rings. The third-order valence-corrected chi connectivity index (χ3v) is 4.13. The lowest BCUT2D eigenvalue weighted by Gasteiger charge is -2.24. The van der Waals surface area contributed by atoms with Gasteiger partial charge < -0.3 is 13.9 Å². The molecule has 3 rings (SSSR count). The predicted octanol–water partition coefficient (Wildman–Crippen LogP) is 3.85. The maximum absolute atomic E-state index is 13.1. The first-order chi connectivity index (χ1) is 12.5. The molecule has 0 aliphatic heterocycles. The summed E-state index contributed by atoms with van der Waals surface area (Å²) < 4.78 is 20.5. The Labute approximate surface area is 152 Å². The van der Waals surface area contributed by atoms with Crippen LogP contribution >= 0.6 is 0 Å². The normalized spacial score (nSPS) is 11.1. The standard InChI is InChI=1S/C20H22FN3O2/c1-15(2)20(25)24(13-18-4-3-11-26-18)14-19-22-9-10-23(19)12-16-5-7-17(21)8-6-16/h3-11,15H,12-14H2,1-2H3. The van der Waals surface area contributed by atoms with Crippen LogP contribution in [0, 0.1) is 11.7 Å². The van der Waals surface area contributed by atoms with Crippen LogP contribution in [0.5, 0.6) is 0 Å². The van der Waals surface area contributed by atoms with Crippen molar-refractivity contribution in [2.75, 3.05) is 0 Å². The van der Waals surface area contributed by atoms with Crippen molar-refractivity contribution in [2.45, 2.75) is 33.5 Å². The van der Waals surface area contributed by atoms with Gasteiger partial charge in [0.25, 0.3) is 0 Å². The second-order valence-corrected chi connectivity index (χ2v) is 6.53. The number of carbonyl (C=O) groups excluding carboxylic acids is 1. The molecule has 0 radical (unpaired) electrons. The van der Waals surface area contributed by atoms with Gasteiger partial charge in [0, 0.05) is 24.9 Å². The molecule has 1 aromatic carbocycles. The first kappa shape index (κ1) is 17.9. The number of furan rings is 1. The van der Waals surface area contributed by atoms with Crippen LogP contribution in [0.2, 0.25) is 0 Å². The molecule has 2 aromatic heterocycles. The highest BCUT2D eigenvalue weighted by Crippen LogP contribution is 2.14. The van der Waals surface area contributed by atoms with E-state index >= 15 is 0 Å². The maximum Gasteiger partial charge on any atom is 0.225 e. The van der Waals surface area contributed by atoms with Crippen molar-refractivity contribution in [2.24, 2.45) is 5.92 Å². The van der Waals surface area contributed by atoms with E-state index in [9.17, 15) is 9.18 Å². The summed E-state index contributed by atoms with van der Waals surface area (Å²) in [4.78, 5) is 18.8. The molecule has 3 aromatic rings. The molecule has 0 aliphatic carbocycles. The zero-order chi connectivity index (χ0) is 18.5. The number of aromatic nitrogens is 2. The monoisotopic (exact) mass is 355 g/mol. The Morgan fingerprint density at radius 2 is 2.00 bits per heavy atom. The van der Waals surface area contributed by atoms with Crippen molar-refractivity contribution >= 4 is 5.91 Å². The average molecular weight is 355 g/mol. The van der Waals surface area contributed by atoms with Gasteiger partial charge in [-0.3, -0.25) is 4.79 Å². The van der Waals surface area contributed by atoms with Gasteiger partial charge in [0.05, 0.1) is 19.4 Å². The Bertz CT molecular complexity index is 838. The minimum Gasteiger partial charge on any atom is -0.467 e. The predicted molar refractivity (Wildman–Crippen MR) is 95.5 cm³/mol. The number of halogens is 1. The summed E-state index contributed by atoms with van der Waals surface area (Å²) in [6.45, 7) is 5.10. The number of nitrogens with zero attached hydrogens (tertiary/aromatic N) is 3. The average Bonchev–Trinajstić information content (AvgIpc) is 3.28. The smallest absolute Gasteiger partial charge is 0.225 e. The lowest BCUT2D eigenvalue weighted by atomic mass is 10.2.